The summed E-state index contributed by atoms with van der Waals surface area (Å²) in [6, 6.07) is 6.89. The zero-order chi connectivity index (χ0) is 28.3. The van der Waals surface area contributed by atoms with Gasteiger partial charge in [0.2, 0.25) is 0 Å². The molecule has 2 aromatic carbocycles. The lowest BCUT2D eigenvalue weighted by atomic mass is 9.93. The Hall–Kier alpha value is 1.46. The molecule has 0 aliphatic rings. The highest BCUT2D eigenvalue weighted by Gasteiger charge is 2.47. The van der Waals surface area contributed by atoms with Crippen LogP contribution in [0.25, 0.3) is 0 Å². The summed E-state index contributed by atoms with van der Waals surface area (Å²) in [4.78, 5) is 25.6. The number of sulfonamides is 1. The predicted octanol–water partition coefficient (Wildman–Crippen LogP) is 6.77. The van der Waals surface area contributed by atoms with Gasteiger partial charge in [-0.25, -0.2) is 22.7 Å². The third kappa shape index (κ3) is 9.76. The van der Waals surface area contributed by atoms with Gasteiger partial charge in [-0.3, -0.25) is 0 Å². The maximum Gasteiger partial charge on any atom is 0.511 e. The number of carbonyl (C=O) groups excluding carboxylic acids is 2. The second kappa shape index (κ2) is 14.1. The third-order valence-corrected chi connectivity index (χ3v) is 13.0. The predicted molar refractivity (Wildman–Crippen MR) is 181 cm³/mol. The molecule has 17 heteroatoms. The maximum atomic E-state index is 12.9. The van der Waals surface area contributed by atoms with Gasteiger partial charge >= 0.3 is 27.5 Å². The number of alkyl halides is 3. The van der Waals surface area contributed by atoms with Gasteiger partial charge in [0, 0.05) is 33.4 Å². The second-order valence-corrected chi connectivity index (χ2v) is 16.5. The van der Waals surface area contributed by atoms with Gasteiger partial charge in [0.15, 0.2) is 0 Å². The van der Waals surface area contributed by atoms with Crippen LogP contribution in [0.5, 0.6) is 0 Å². The van der Waals surface area contributed by atoms with E-state index in [2.05, 4.69) is 45.2 Å². The topological polar surface area (TPSA) is 98.8 Å². The Kier molecular flexibility index (Phi) is 13.2. The van der Waals surface area contributed by atoms with E-state index in [0.717, 1.165) is 14.3 Å². The molecule has 0 radical (unpaired) electrons. The fourth-order valence-electron chi connectivity index (χ4n) is 2.54. The van der Waals surface area contributed by atoms with Gasteiger partial charge in [0.05, 0.1) is 11.1 Å². The average molecular weight is 1210 g/mol. The van der Waals surface area contributed by atoms with Crippen molar-refractivity contribution in [3.63, 3.8) is 0 Å². The summed E-state index contributed by atoms with van der Waals surface area (Å²) < 4.78 is 78.5. The highest BCUT2D eigenvalue weighted by atomic mass is 127. The van der Waals surface area contributed by atoms with Crippen LogP contribution < -0.4 is 4.72 Å². The molecule has 0 saturated heterocycles. The van der Waals surface area contributed by atoms with Gasteiger partial charge in [-0.05, 0) is 160 Å². The molecule has 0 atom stereocenters. The molecule has 2 aromatic rings. The molecule has 0 saturated carbocycles. The first-order valence-electron chi connectivity index (χ1n) is 9.56. The first-order chi connectivity index (χ1) is 16.9. The van der Waals surface area contributed by atoms with Crippen molar-refractivity contribution in [1.82, 2.24) is 4.72 Å². The van der Waals surface area contributed by atoms with Crippen molar-refractivity contribution in [2.24, 2.45) is 5.41 Å². The Morgan fingerprint density at radius 2 is 1.19 bits per heavy atom. The average Bonchev–Trinajstić information content (AvgIpc) is 2.78. The molecule has 0 aliphatic carbocycles. The SMILES string of the molecule is CC(CNS(=O)(=O)C(F)(F)F)(COC(=O)c1cc(I)cc(I)c1I)COC(=O)c1cc(I)cc(I)c1I. The first-order valence-corrected chi connectivity index (χ1v) is 17.5. The number of benzene rings is 2. The number of hydrogen-bond acceptors (Lipinski definition) is 6. The van der Waals surface area contributed by atoms with E-state index in [1.165, 1.54) is 11.6 Å². The number of ether oxygens (including phenoxy) is 2. The fourth-order valence-corrected chi connectivity index (χ4v) is 7.99. The minimum Gasteiger partial charge on any atom is -0.461 e. The van der Waals surface area contributed by atoms with Gasteiger partial charge in [-0.2, -0.15) is 13.2 Å². The van der Waals surface area contributed by atoms with E-state index in [4.69, 9.17) is 9.47 Å². The third-order valence-electron chi connectivity index (χ3n) is 4.52. The molecule has 0 aliphatic heterocycles. The van der Waals surface area contributed by atoms with Crippen molar-refractivity contribution < 1.29 is 40.7 Å². The quantitative estimate of drug-likeness (QED) is 0.169. The minimum atomic E-state index is -5.69. The maximum absolute atomic E-state index is 12.9. The van der Waals surface area contributed by atoms with E-state index in [1.807, 2.05) is 102 Å². The standard InChI is InChI=1S/C20H14F3I6NO6S/c1-19(6-30-37(33,34)20(21,22)23,7-35-17(31)11-2-9(24)4-13(26)15(11)28)8-36-18(32)12-3-10(25)5-14(27)16(12)29/h2-5,30H,6-8H2,1H3. The number of carbonyl (C=O) groups is 2. The molecule has 0 fully saturated rings. The molecule has 0 spiro atoms. The molecule has 0 bridgehead atoms. The highest BCUT2D eigenvalue weighted by Crippen LogP contribution is 2.28. The number of nitrogens with one attached hydrogen (secondary N) is 1. The van der Waals surface area contributed by atoms with Crippen LogP contribution in [0.2, 0.25) is 0 Å². The van der Waals surface area contributed by atoms with Crippen molar-refractivity contribution in [3.8, 4) is 0 Å². The van der Waals surface area contributed by atoms with Gasteiger partial charge in [0.25, 0.3) is 0 Å². The van der Waals surface area contributed by atoms with Crippen LogP contribution in [0.15, 0.2) is 24.3 Å². The lowest BCUT2D eigenvalue weighted by molar-refractivity contribution is -0.0457. The van der Waals surface area contributed by atoms with E-state index < -0.39 is 52.6 Å². The Balaban J connectivity index is 2.28. The largest absolute Gasteiger partial charge is 0.511 e. The molecule has 2 rings (SSSR count). The molecule has 0 amide bonds. The smallest absolute Gasteiger partial charge is 0.461 e. The summed E-state index contributed by atoms with van der Waals surface area (Å²) in [5, 5.41) is 0. The summed E-state index contributed by atoms with van der Waals surface area (Å²) in [5.74, 6) is -1.50. The van der Waals surface area contributed by atoms with E-state index in [9.17, 15) is 31.2 Å². The van der Waals surface area contributed by atoms with Crippen LogP contribution in [0, 0.1) is 26.8 Å². The Morgan fingerprint density at radius 1 is 0.811 bits per heavy atom. The van der Waals surface area contributed by atoms with Crippen molar-refractivity contribution in [3.05, 3.63) is 56.8 Å². The van der Waals surface area contributed by atoms with E-state index in [-0.39, 0.29) is 11.1 Å². The van der Waals surface area contributed by atoms with Crippen LogP contribution in [-0.2, 0) is 19.5 Å². The monoisotopic (exact) mass is 1210 g/mol. The molecule has 37 heavy (non-hydrogen) atoms. The minimum absolute atomic E-state index is 0.245. The van der Waals surface area contributed by atoms with Gasteiger partial charge in [0.1, 0.15) is 13.2 Å². The Labute approximate surface area is 292 Å². The second-order valence-electron chi connectivity index (χ2n) is 7.73. The molecule has 1 N–H and O–H groups in total. The number of halogens is 9. The number of esters is 2. The summed E-state index contributed by atoms with van der Waals surface area (Å²) in [6.07, 6.45) is 0. The van der Waals surface area contributed by atoms with Crippen LogP contribution in [0.3, 0.4) is 0 Å². The molecular weight excluding hydrogens is 1200 g/mol. The fraction of sp³-hybridized carbons (Fsp3) is 0.300. The van der Waals surface area contributed by atoms with Gasteiger partial charge in [-0.1, -0.05) is 6.92 Å². The van der Waals surface area contributed by atoms with Crippen molar-refractivity contribution in [1.29, 1.82) is 0 Å². The van der Waals surface area contributed by atoms with Crippen LogP contribution >= 0.6 is 136 Å². The zero-order valence-electron chi connectivity index (χ0n) is 18.2. The van der Waals surface area contributed by atoms with Gasteiger partial charge < -0.3 is 9.47 Å². The van der Waals surface area contributed by atoms with Gasteiger partial charge in [-0.15, -0.1) is 0 Å². The van der Waals surface area contributed by atoms with Crippen LogP contribution in [0.1, 0.15) is 27.6 Å². The summed E-state index contributed by atoms with van der Waals surface area (Å²) in [6.45, 7) is -0.520. The molecule has 0 unspecified atom stereocenters. The van der Waals surface area contributed by atoms with Crippen molar-refractivity contribution in [2.45, 2.75) is 12.4 Å². The number of hydrogen-bond donors (Lipinski definition) is 1. The first kappa shape index (κ1) is 34.7. The molecule has 0 aromatic heterocycles. The number of rotatable bonds is 9. The van der Waals surface area contributed by atoms with E-state index in [1.54, 1.807) is 12.1 Å². The molecule has 204 valence electrons. The Morgan fingerprint density at radius 3 is 1.54 bits per heavy atom. The van der Waals surface area contributed by atoms with Crippen molar-refractivity contribution in [2.75, 3.05) is 19.8 Å². The van der Waals surface area contributed by atoms with E-state index >= 15 is 0 Å². The molecule has 0 heterocycles. The lowest BCUT2D eigenvalue weighted by Crippen LogP contribution is -2.46. The summed E-state index contributed by atoms with van der Waals surface area (Å²) in [7, 11) is -5.69. The Bertz CT molecular complexity index is 1250. The summed E-state index contributed by atoms with van der Waals surface area (Å²) in [5.41, 5.74) is -6.57. The normalized spacial score (nSPS) is 12.4. The molecular formula is C20H14F3I6NO6S. The van der Waals surface area contributed by atoms with Crippen LogP contribution in [-0.4, -0.2) is 45.6 Å². The zero-order valence-corrected chi connectivity index (χ0v) is 32.0. The van der Waals surface area contributed by atoms with E-state index in [0.29, 0.717) is 7.14 Å². The molecule has 7 nitrogen and oxygen atoms in total. The lowest BCUT2D eigenvalue weighted by Gasteiger charge is -2.29. The summed E-state index contributed by atoms with van der Waals surface area (Å²) >= 11 is 12.1. The van der Waals surface area contributed by atoms with Crippen LogP contribution in [0.4, 0.5) is 13.2 Å². The van der Waals surface area contributed by atoms with Crippen molar-refractivity contribution >= 4 is 158 Å². The highest BCUT2D eigenvalue weighted by molar-refractivity contribution is 14.1.